The Morgan fingerprint density at radius 3 is 2.58 bits per heavy atom. The highest BCUT2D eigenvalue weighted by Crippen LogP contribution is 2.28. The molecule has 2 aromatic rings. The number of hydrogen-bond acceptors (Lipinski definition) is 3. The predicted molar refractivity (Wildman–Crippen MR) is 80.7 cm³/mol. The molecular weight excluding hydrogens is 302 g/mol. The number of hydrogen-bond donors (Lipinski definition) is 1. The molecule has 19 heavy (non-hydrogen) atoms. The highest BCUT2D eigenvalue weighted by Gasteiger charge is 2.17. The van der Waals surface area contributed by atoms with Crippen molar-refractivity contribution in [3.05, 3.63) is 45.8 Å². The monoisotopic (exact) mass is 315 g/mol. The van der Waals surface area contributed by atoms with Gasteiger partial charge in [-0.3, -0.25) is 4.72 Å². The zero-order valence-corrected chi connectivity index (χ0v) is 13.0. The Labute approximate surface area is 122 Å². The van der Waals surface area contributed by atoms with E-state index >= 15 is 0 Å². The van der Waals surface area contributed by atoms with E-state index in [0.717, 1.165) is 16.9 Å². The Morgan fingerprint density at radius 1 is 1.26 bits per heavy atom. The van der Waals surface area contributed by atoms with Gasteiger partial charge in [-0.05, 0) is 43.2 Å². The summed E-state index contributed by atoms with van der Waals surface area (Å²) in [4.78, 5) is 1.04. The van der Waals surface area contributed by atoms with Crippen molar-refractivity contribution in [2.75, 3.05) is 4.72 Å². The molecule has 0 aliphatic heterocycles. The fourth-order valence-corrected chi connectivity index (χ4v) is 4.30. The maximum absolute atomic E-state index is 12.2. The van der Waals surface area contributed by atoms with Gasteiger partial charge in [-0.15, -0.1) is 11.3 Å². The summed E-state index contributed by atoms with van der Waals surface area (Å²) in [5.74, 6) is 0. The second-order valence-corrected chi connectivity index (χ2v) is 7.65. The second kappa shape index (κ2) is 5.53. The molecule has 1 heterocycles. The Morgan fingerprint density at radius 2 is 2.00 bits per heavy atom. The molecule has 0 amide bonds. The molecule has 0 bridgehead atoms. The molecule has 102 valence electrons. The molecule has 2 rings (SSSR count). The predicted octanol–water partition coefficient (Wildman–Crippen LogP) is 4.07. The normalized spacial score (nSPS) is 11.5. The molecule has 0 spiro atoms. The first-order chi connectivity index (χ1) is 8.92. The van der Waals surface area contributed by atoms with Crippen LogP contribution in [0.3, 0.4) is 0 Å². The van der Waals surface area contributed by atoms with Crippen molar-refractivity contribution in [2.24, 2.45) is 0 Å². The molecule has 0 atom stereocenters. The molecule has 0 radical (unpaired) electrons. The van der Waals surface area contributed by atoms with E-state index in [-0.39, 0.29) is 0 Å². The molecule has 3 nitrogen and oxygen atoms in total. The first-order valence-electron chi connectivity index (χ1n) is 5.80. The van der Waals surface area contributed by atoms with Crippen LogP contribution in [-0.4, -0.2) is 8.42 Å². The minimum Gasteiger partial charge on any atom is -0.277 e. The topological polar surface area (TPSA) is 46.2 Å². The van der Waals surface area contributed by atoms with Gasteiger partial charge < -0.3 is 0 Å². The number of thiophene rings is 1. The standard InChI is InChI=1S/C13H14ClNO2S2/c1-3-10-5-7-13(18-10)19(16,17)15-12-6-4-9(2)8-11(12)14/h4-8,15H,3H2,1-2H3. The van der Waals surface area contributed by atoms with Gasteiger partial charge in [0.15, 0.2) is 0 Å². The van der Waals surface area contributed by atoms with E-state index in [4.69, 9.17) is 11.6 Å². The van der Waals surface area contributed by atoms with Gasteiger partial charge in [0, 0.05) is 4.88 Å². The van der Waals surface area contributed by atoms with E-state index in [0.29, 0.717) is 14.9 Å². The summed E-state index contributed by atoms with van der Waals surface area (Å²) in [5, 5.41) is 0.399. The molecule has 6 heteroatoms. The summed E-state index contributed by atoms with van der Waals surface area (Å²) >= 11 is 7.31. The number of rotatable bonds is 4. The zero-order chi connectivity index (χ0) is 14.0. The fraction of sp³-hybridized carbons (Fsp3) is 0.231. The third-order valence-corrected chi connectivity index (χ3v) is 6.02. The lowest BCUT2D eigenvalue weighted by molar-refractivity contribution is 0.603. The van der Waals surface area contributed by atoms with E-state index in [2.05, 4.69) is 4.72 Å². The van der Waals surface area contributed by atoms with Gasteiger partial charge in [0.1, 0.15) is 4.21 Å². The second-order valence-electron chi connectivity index (χ2n) is 4.16. The molecule has 1 aromatic carbocycles. The molecule has 1 aromatic heterocycles. The summed E-state index contributed by atoms with van der Waals surface area (Å²) in [6, 6.07) is 8.66. The van der Waals surface area contributed by atoms with Crippen molar-refractivity contribution in [1.29, 1.82) is 0 Å². The van der Waals surface area contributed by atoms with Gasteiger partial charge in [-0.25, -0.2) is 8.42 Å². The highest BCUT2D eigenvalue weighted by atomic mass is 35.5. The number of sulfonamides is 1. The average molecular weight is 316 g/mol. The van der Waals surface area contributed by atoms with Gasteiger partial charge in [0.2, 0.25) is 0 Å². The zero-order valence-electron chi connectivity index (χ0n) is 10.6. The molecule has 0 saturated heterocycles. The maximum Gasteiger partial charge on any atom is 0.271 e. The fourth-order valence-electron chi connectivity index (χ4n) is 1.59. The minimum atomic E-state index is -3.55. The first-order valence-corrected chi connectivity index (χ1v) is 8.48. The highest BCUT2D eigenvalue weighted by molar-refractivity contribution is 7.94. The van der Waals surface area contributed by atoms with Crippen molar-refractivity contribution in [1.82, 2.24) is 0 Å². The molecule has 0 fully saturated rings. The molecular formula is C13H14ClNO2S2. The molecule has 0 unspecified atom stereocenters. The van der Waals surface area contributed by atoms with Gasteiger partial charge in [0.25, 0.3) is 10.0 Å². The Bertz CT molecular complexity index is 692. The number of benzene rings is 1. The minimum absolute atomic E-state index is 0.306. The van der Waals surface area contributed by atoms with E-state index in [1.807, 2.05) is 26.0 Å². The van der Waals surface area contributed by atoms with E-state index in [9.17, 15) is 8.42 Å². The van der Waals surface area contributed by atoms with Crippen LogP contribution in [0, 0.1) is 6.92 Å². The lowest BCUT2D eigenvalue weighted by atomic mass is 10.2. The van der Waals surface area contributed by atoms with E-state index in [1.165, 1.54) is 11.3 Å². The number of aryl methyl sites for hydroxylation is 2. The molecule has 0 aliphatic rings. The Kier molecular flexibility index (Phi) is 4.18. The summed E-state index contributed by atoms with van der Waals surface area (Å²) in [6.07, 6.45) is 0.825. The van der Waals surface area contributed by atoms with Crippen molar-refractivity contribution in [3.63, 3.8) is 0 Å². The van der Waals surface area contributed by atoms with Crippen molar-refractivity contribution in [3.8, 4) is 0 Å². The lowest BCUT2D eigenvalue weighted by Crippen LogP contribution is -2.11. The van der Waals surface area contributed by atoms with Crippen molar-refractivity contribution in [2.45, 2.75) is 24.5 Å². The maximum atomic E-state index is 12.2. The largest absolute Gasteiger partial charge is 0.277 e. The average Bonchev–Trinajstić information content (AvgIpc) is 2.82. The summed E-state index contributed by atoms with van der Waals surface area (Å²) in [6.45, 7) is 3.89. The Hall–Kier alpha value is -1.04. The summed E-state index contributed by atoms with van der Waals surface area (Å²) in [5.41, 5.74) is 1.39. The third kappa shape index (κ3) is 3.29. The van der Waals surface area contributed by atoms with Crippen LogP contribution in [-0.2, 0) is 16.4 Å². The quantitative estimate of drug-likeness (QED) is 0.924. The molecule has 1 N–H and O–H groups in total. The van der Waals surface area contributed by atoms with Crippen LogP contribution in [0.5, 0.6) is 0 Å². The van der Waals surface area contributed by atoms with Gasteiger partial charge in [-0.1, -0.05) is 24.6 Å². The molecule has 0 aliphatic carbocycles. The van der Waals surface area contributed by atoms with E-state index in [1.54, 1.807) is 18.2 Å². The summed E-state index contributed by atoms with van der Waals surface area (Å²) < 4.78 is 27.2. The number of nitrogens with one attached hydrogen (secondary N) is 1. The van der Waals surface area contributed by atoms with Crippen LogP contribution in [0.4, 0.5) is 5.69 Å². The third-order valence-electron chi connectivity index (χ3n) is 2.62. The summed E-state index contributed by atoms with van der Waals surface area (Å²) in [7, 11) is -3.55. The Balaban J connectivity index is 2.30. The van der Waals surface area contributed by atoms with Crippen molar-refractivity contribution < 1.29 is 8.42 Å². The van der Waals surface area contributed by atoms with E-state index < -0.39 is 10.0 Å². The van der Waals surface area contributed by atoms with Crippen LogP contribution >= 0.6 is 22.9 Å². The van der Waals surface area contributed by atoms with Gasteiger partial charge in [-0.2, -0.15) is 0 Å². The lowest BCUT2D eigenvalue weighted by Gasteiger charge is -2.08. The SMILES string of the molecule is CCc1ccc(S(=O)(=O)Nc2ccc(C)cc2Cl)s1. The van der Waals surface area contributed by atoms with Gasteiger partial charge in [0.05, 0.1) is 10.7 Å². The smallest absolute Gasteiger partial charge is 0.271 e. The van der Waals surface area contributed by atoms with Crippen LogP contribution < -0.4 is 4.72 Å². The van der Waals surface area contributed by atoms with Crippen LogP contribution in [0.25, 0.3) is 0 Å². The molecule has 0 saturated carbocycles. The number of halogens is 1. The van der Waals surface area contributed by atoms with Crippen molar-refractivity contribution >= 4 is 38.6 Å². The van der Waals surface area contributed by atoms with Gasteiger partial charge >= 0.3 is 0 Å². The van der Waals surface area contributed by atoms with Crippen LogP contribution in [0.15, 0.2) is 34.5 Å². The van der Waals surface area contributed by atoms with Crippen LogP contribution in [0.1, 0.15) is 17.4 Å². The van der Waals surface area contributed by atoms with Crippen LogP contribution in [0.2, 0.25) is 5.02 Å². The first kappa shape index (κ1) is 14.4. The number of anilines is 1.